The molecule has 0 radical (unpaired) electrons. The van der Waals surface area contributed by atoms with Crippen LogP contribution >= 0.6 is 0 Å². The Balaban J connectivity index is 0.00000497. The third-order valence-corrected chi connectivity index (χ3v) is 10.7. The minimum absolute atomic E-state index is 0. The van der Waals surface area contributed by atoms with Gasteiger partial charge in [0, 0.05) is 40.7 Å². The Kier molecular flexibility index (Phi) is 10.2. The van der Waals surface area contributed by atoms with E-state index in [9.17, 15) is 0 Å². The van der Waals surface area contributed by atoms with Gasteiger partial charge in [-0.2, -0.15) is 17.2 Å². The maximum absolute atomic E-state index is 5.12. The quantitative estimate of drug-likeness (QED) is 0.156. The summed E-state index contributed by atoms with van der Waals surface area (Å²) in [6.45, 7) is 24.7. The summed E-state index contributed by atoms with van der Waals surface area (Å²) >= 11 is 0. The molecule has 0 aliphatic rings. The van der Waals surface area contributed by atoms with Gasteiger partial charge < -0.3 is 9.47 Å². The number of rotatable bonds is 6. The van der Waals surface area contributed by atoms with Gasteiger partial charge in [0.2, 0.25) is 0 Å². The third-order valence-electron chi connectivity index (χ3n) is 10.7. The molecule has 0 atom stereocenters. The van der Waals surface area contributed by atoms with Gasteiger partial charge in [-0.15, -0.1) is 35.7 Å². The molecule has 280 valence electrons. The van der Waals surface area contributed by atoms with Crippen LogP contribution < -0.4 is 4.90 Å². The summed E-state index contributed by atoms with van der Waals surface area (Å²) in [7, 11) is 2.09. The van der Waals surface area contributed by atoms with Crippen LogP contribution in [0.15, 0.2) is 103 Å². The molecule has 0 unspecified atom stereocenters. The normalized spacial score (nSPS) is 12.7. The molecular formula is C48H53N5Pt. The van der Waals surface area contributed by atoms with Gasteiger partial charge in [-0.05, 0) is 57.4 Å². The van der Waals surface area contributed by atoms with E-state index in [1.165, 1.54) is 22.1 Å². The molecule has 5 nitrogen and oxygen atoms in total. The number of fused-ring (bicyclic) bond motifs is 3. The first-order chi connectivity index (χ1) is 24.8. The van der Waals surface area contributed by atoms with Crippen molar-refractivity contribution in [1.29, 1.82) is 0 Å². The average Bonchev–Trinajstić information content (AvgIpc) is 3.72. The van der Waals surface area contributed by atoms with Crippen LogP contribution in [0.4, 0.5) is 11.4 Å². The Hall–Kier alpha value is -4.47. The van der Waals surface area contributed by atoms with Crippen molar-refractivity contribution >= 4 is 33.2 Å². The zero-order chi connectivity index (χ0) is 38.1. The molecule has 6 heteroatoms. The van der Waals surface area contributed by atoms with E-state index >= 15 is 0 Å². The number of hydrogen-bond donors (Lipinski definition) is 0. The first-order valence-electron chi connectivity index (χ1n) is 18.7. The van der Waals surface area contributed by atoms with Gasteiger partial charge in [-0.3, -0.25) is 4.68 Å². The van der Waals surface area contributed by atoms with E-state index in [1.807, 2.05) is 6.20 Å². The molecule has 0 amide bonds. The van der Waals surface area contributed by atoms with Crippen LogP contribution in [0.2, 0.25) is 0 Å². The monoisotopic (exact) mass is 894 g/mol. The van der Waals surface area contributed by atoms with E-state index in [4.69, 9.17) is 10.1 Å². The predicted octanol–water partition coefficient (Wildman–Crippen LogP) is 11.9. The molecule has 0 bridgehead atoms. The van der Waals surface area contributed by atoms with Crippen molar-refractivity contribution in [3.63, 3.8) is 0 Å². The van der Waals surface area contributed by atoms with Crippen molar-refractivity contribution in [2.45, 2.75) is 97.8 Å². The number of hydrogen-bond acceptors (Lipinski definition) is 3. The van der Waals surface area contributed by atoms with Gasteiger partial charge in [-0.1, -0.05) is 136 Å². The number of aromatic nitrogens is 4. The Bertz CT molecular complexity index is 2450. The van der Waals surface area contributed by atoms with Crippen LogP contribution in [0.3, 0.4) is 0 Å². The van der Waals surface area contributed by atoms with Gasteiger partial charge >= 0.3 is 21.1 Å². The van der Waals surface area contributed by atoms with Gasteiger partial charge in [0.1, 0.15) is 5.82 Å². The number of anilines is 2. The predicted molar refractivity (Wildman–Crippen MR) is 223 cm³/mol. The van der Waals surface area contributed by atoms with E-state index in [1.54, 1.807) is 0 Å². The molecule has 0 saturated carbocycles. The molecule has 0 aliphatic carbocycles. The fourth-order valence-corrected chi connectivity index (χ4v) is 7.14. The summed E-state index contributed by atoms with van der Waals surface area (Å²) in [6, 6.07) is 42.5. The van der Waals surface area contributed by atoms with Gasteiger partial charge in [0.05, 0.1) is 5.69 Å². The number of benzene rings is 4. The number of nitrogens with zero attached hydrogens (tertiary/aromatic N) is 5. The average molecular weight is 895 g/mol. The van der Waals surface area contributed by atoms with Crippen molar-refractivity contribution in [2.24, 2.45) is 0 Å². The van der Waals surface area contributed by atoms with Gasteiger partial charge in [0.25, 0.3) is 0 Å². The van der Waals surface area contributed by atoms with Crippen LogP contribution in [0.1, 0.15) is 104 Å². The first kappa shape index (κ1) is 39.2. The molecule has 7 rings (SSSR count). The molecule has 3 aromatic heterocycles. The van der Waals surface area contributed by atoms with E-state index < -0.39 is 0 Å². The van der Waals surface area contributed by atoms with E-state index in [-0.39, 0.29) is 42.7 Å². The van der Waals surface area contributed by atoms with E-state index in [0.717, 1.165) is 50.7 Å². The Labute approximate surface area is 336 Å². The molecule has 0 spiro atoms. The van der Waals surface area contributed by atoms with Crippen LogP contribution in [0.5, 0.6) is 0 Å². The minimum Gasteiger partial charge on any atom is -0.391 e. The first-order valence-corrected chi connectivity index (χ1v) is 18.7. The van der Waals surface area contributed by atoms with E-state index in [2.05, 4.69) is 207 Å². The molecular weight excluding hydrogens is 842 g/mol. The second-order valence-electron chi connectivity index (χ2n) is 18.1. The summed E-state index contributed by atoms with van der Waals surface area (Å²) in [4.78, 5) is 7.12. The molecule has 0 fully saturated rings. The van der Waals surface area contributed by atoms with E-state index in [0.29, 0.717) is 0 Å². The minimum atomic E-state index is -0.173. The molecule has 0 N–H and O–H groups in total. The van der Waals surface area contributed by atoms with Crippen LogP contribution in [0.25, 0.3) is 33.3 Å². The summed E-state index contributed by atoms with van der Waals surface area (Å²) in [5, 5.41) is 7.45. The van der Waals surface area contributed by atoms with Crippen molar-refractivity contribution in [3.8, 4) is 11.5 Å². The molecule has 0 saturated heterocycles. The van der Waals surface area contributed by atoms with Crippen LogP contribution in [-0.2, 0) is 42.7 Å². The molecule has 3 heterocycles. The summed E-state index contributed by atoms with van der Waals surface area (Å²) in [5.74, 6) is 0.889. The summed E-state index contributed by atoms with van der Waals surface area (Å²) in [6.07, 6.45) is 1.93. The van der Waals surface area contributed by atoms with Crippen LogP contribution in [-0.4, -0.2) is 26.4 Å². The maximum atomic E-state index is 5.12. The number of pyridine rings is 1. The van der Waals surface area contributed by atoms with Crippen molar-refractivity contribution in [3.05, 3.63) is 143 Å². The smallest absolute Gasteiger partial charge is 0.391 e. The molecule has 0 aliphatic heterocycles. The molecule has 4 aromatic carbocycles. The van der Waals surface area contributed by atoms with Gasteiger partial charge in [0.15, 0.2) is 0 Å². The summed E-state index contributed by atoms with van der Waals surface area (Å²) in [5.41, 5.74) is 10.6. The summed E-state index contributed by atoms with van der Waals surface area (Å²) < 4.78 is 4.36. The largest absolute Gasteiger partial charge is 2.00 e. The second kappa shape index (κ2) is 14.0. The standard InChI is InChI=1S/C48H53N5.Pt/c1-45(2,3)33-25-26-49-44(28-33)52-40-24-21-34(48(10,11)32-17-14-13-15-18-32)27-39(40)38-23-22-36(30-41(38)52)51(12)35-19-16-20-37(29-35)53-43(47(7,8)9)31-42(50-53)46(4,5)6;/h13-28,31H,1-12H3;/q-2;+2. The zero-order valence-corrected chi connectivity index (χ0v) is 36.1. The second-order valence-corrected chi connectivity index (χ2v) is 18.1. The fraction of sp³-hybridized carbons (Fsp3) is 0.333. The SMILES string of the molecule is CN(c1[c-]c(-n2nc(C(C)(C)C)cc2C(C)(C)C)ccc1)c1[c-]c2c(cc1)c1cc(C(C)(C)c3ccccc3)ccc1n2-c1cc(C(C)(C)C)ccn1.[Pt+2]. The topological polar surface area (TPSA) is 38.9 Å². The van der Waals surface area contributed by atoms with Crippen LogP contribution in [0, 0.1) is 12.1 Å². The Morgan fingerprint density at radius 3 is 1.96 bits per heavy atom. The van der Waals surface area contributed by atoms with Gasteiger partial charge in [-0.25, -0.2) is 4.98 Å². The Morgan fingerprint density at radius 1 is 0.593 bits per heavy atom. The van der Waals surface area contributed by atoms with Crippen molar-refractivity contribution in [1.82, 2.24) is 19.3 Å². The molecule has 54 heavy (non-hydrogen) atoms. The van der Waals surface area contributed by atoms with Crippen molar-refractivity contribution < 1.29 is 21.1 Å². The molecule has 7 aromatic rings. The Morgan fingerprint density at radius 2 is 1.30 bits per heavy atom. The third kappa shape index (κ3) is 7.20. The maximum Gasteiger partial charge on any atom is 2.00 e. The van der Waals surface area contributed by atoms with Crippen molar-refractivity contribution in [2.75, 3.05) is 11.9 Å². The zero-order valence-electron chi connectivity index (χ0n) is 33.9. The fourth-order valence-electron chi connectivity index (χ4n) is 7.14.